The minimum absolute atomic E-state index is 0.0546. The highest BCUT2D eigenvalue weighted by atomic mass is 16.7. The quantitative estimate of drug-likeness (QED) is 0.435. The molecule has 0 aromatic rings. The first-order valence-electron chi connectivity index (χ1n) is 12.6. The second-order valence-corrected chi connectivity index (χ2v) is 11.8. The molecule has 0 aromatic heterocycles. The van der Waals surface area contributed by atoms with E-state index in [9.17, 15) is 34.8 Å². The fourth-order valence-electron chi connectivity index (χ4n) is 8.29. The molecule has 9 nitrogen and oxygen atoms in total. The summed E-state index contributed by atoms with van der Waals surface area (Å²) in [6.45, 7) is 4.19. The van der Waals surface area contributed by atoms with E-state index in [1.165, 1.54) is 0 Å². The van der Waals surface area contributed by atoms with E-state index < -0.39 is 42.1 Å². The van der Waals surface area contributed by atoms with Gasteiger partial charge in [0.05, 0.1) is 6.10 Å². The molecule has 0 aromatic carbocycles. The second-order valence-electron chi connectivity index (χ2n) is 11.8. The van der Waals surface area contributed by atoms with Crippen molar-refractivity contribution >= 4 is 17.5 Å². The van der Waals surface area contributed by atoms with E-state index in [4.69, 9.17) is 9.47 Å². The van der Waals surface area contributed by atoms with E-state index in [1.54, 1.807) is 0 Å². The molecule has 0 amide bonds. The molecule has 4 saturated carbocycles. The van der Waals surface area contributed by atoms with Crippen LogP contribution in [0.4, 0.5) is 0 Å². The van der Waals surface area contributed by atoms with Crippen molar-refractivity contribution in [3.63, 3.8) is 0 Å². The fraction of sp³-hybridized carbons (Fsp3) is 0.880. The molecule has 1 aliphatic heterocycles. The Kier molecular flexibility index (Phi) is 5.96. The molecule has 34 heavy (non-hydrogen) atoms. The average molecular weight is 481 g/mol. The third-order valence-electron chi connectivity index (χ3n) is 10.2. The monoisotopic (exact) mass is 480 g/mol. The Morgan fingerprint density at radius 2 is 1.76 bits per heavy atom. The summed E-state index contributed by atoms with van der Waals surface area (Å²) in [4.78, 5) is 37.4. The number of carbonyl (C=O) groups is 3. The molecule has 9 heteroatoms. The Balaban J connectivity index is 1.30. The van der Waals surface area contributed by atoms with Crippen LogP contribution in [0.25, 0.3) is 0 Å². The topological polar surface area (TPSA) is 151 Å². The van der Waals surface area contributed by atoms with Gasteiger partial charge < -0.3 is 29.9 Å². The van der Waals surface area contributed by atoms with Crippen LogP contribution in [-0.2, 0) is 23.9 Å². The largest absolute Gasteiger partial charge is 0.479 e. The smallest absolute Gasteiger partial charge is 0.335 e. The molecule has 0 radical (unpaired) electrons. The number of fused-ring (bicyclic) bond motifs is 5. The molecule has 190 valence electrons. The lowest BCUT2D eigenvalue weighted by molar-refractivity contribution is -0.309. The first-order chi connectivity index (χ1) is 16.0. The summed E-state index contributed by atoms with van der Waals surface area (Å²) in [6, 6.07) is 0. The van der Waals surface area contributed by atoms with E-state index in [-0.39, 0.29) is 46.8 Å². The second kappa shape index (κ2) is 8.34. The number of aliphatic carboxylic acids is 1. The molecular formula is C25H36O9. The third kappa shape index (κ3) is 3.50. The zero-order valence-electron chi connectivity index (χ0n) is 19.8. The Bertz CT molecular complexity index is 874. The lowest BCUT2D eigenvalue weighted by Gasteiger charge is -2.59. The highest BCUT2D eigenvalue weighted by molar-refractivity contribution is 5.95. The van der Waals surface area contributed by atoms with E-state index in [1.807, 2.05) is 6.92 Å². The number of aliphatic hydroxyl groups is 3. The molecular weight excluding hydrogens is 444 g/mol. The van der Waals surface area contributed by atoms with Gasteiger partial charge in [0.25, 0.3) is 0 Å². The van der Waals surface area contributed by atoms with Crippen LogP contribution in [0.15, 0.2) is 0 Å². The highest BCUT2D eigenvalue weighted by Gasteiger charge is 2.63. The summed E-state index contributed by atoms with van der Waals surface area (Å²) in [6.07, 6.45) is -2.69. The third-order valence-corrected chi connectivity index (χ3v) is 10.2. The van der Waals surface area contributed by atoms with E-state index in [2.05, 4.69) is 6.92 Å². The van der Waals surface area contributed by atoms with Crippen LogP contribution in [0.2, 0.25) is 0 Å². The predicted octanol–water partition coefficient (Wildman–Crippen LogP) is 1.05. The van der Waals surface area contributed by atoms with Gasteiger partial charge in [-0.3, -0.25) is 9.59 Å². The van der Waals surface area contributed by atoms with Gasteiger partial charge in [0, 0.05) is 24.2 Å². The number of ether oxygens (including phenoxy) is 2. The normalized spacial score (nSPS) is 53.1. The Morgan fingerprint density at radius 1 is 1.03 bits per heavy atom. The average Bonchev–Trinajstić information content (AvgIpc) is 3.07. The summed E-state index contributed by atoms with van der Waals surface area (Å²) in [5, 5.41) is 39.6. The number of rotatable bonds is 3. The van der Waals surface area contributed by atoms with Crippen molar-refractivity contribution in [3.05, 3.63) is 0 Å². The van der Waals surface area contributed by atoms with Gasteiger partial charge in [-0.2, -0.15) is 0 Å². The maximum absolute atomic E-state index is 13.4. The molecule has 5 fully saturated rings. The first-order valence-corrected chi connectivity index (χ1v) is 12.6. The van der Waals surface area contributed by atoms with Crippen molar-refractivity contribution in [2.24, 2.45) is 34.5 Å². The van der Waals surface area contributed by atoms with Crippen molar-refractivity contribution < 1.29 is 44.3 Å². The number of hydrogen-bond acceptors (Lipinski definition) is 8. The first kappa shape index (κ1) is 24.3. The van der Waals surface area contributed by atoms with Gasteiger partial charge in [0.15, 0.2) is 12.4 Å². The Hall–Kier alpha value is -1.39. The van der Waals surface area contributed by atoms with Gasteiger partial charge in [-0.15, -0.1) is 0 Å². The highest BCUT2D eigenvalue weighted by Crippen LogP contribution is 2.64. The van der Waals surface area contributed by atoms with Crippen molar-refractivity contribution in [2.45, 2.75) is 102 Å². The zero-order chi connectivity index (χ0) is 24.6. The van der Waals surface area contributed by atoms with Gasteiger partial charge >= 0.3 is 5.97 Å². The Labute approximate surface area is 198 Å². The number of carboxylic acid groups (broad SMARTS) is 1. The minimum Gasteiger partial charge on any atom is -0.479 e. The summed E-state index contributed by atoms with van der Waals surface area (Å²) >= 11 is 0. The minimum atomic E-state index is -1.75. The van der Waals surface area contributed by atoms with Crippen molar-refractivity contribution in [1.82, 2.24) is 0 Å². The molecule has 4 aliphatic carbocycles. The maximum atomic E-state index is 13.4. The number of carboxylic acids is 1. The Morgan fingerprint density at radius 3 is 2.47 bits per heavy atom. The summed E-state index contributed by atoms with van der Waals surface area (Å²) in [7, 11) is 0. The van der Waals surface area contributed by atoms with Crippen LogP contribution in [0.5, 0.6) is 0 Å². The number of Topliss-reactive ketones (excluding diaryl/α,β-unsaturated/α-hetero) is 2. The van der Waals surface area contributed by atoms with Gasteiger partial charge in [-0.05, 0) is 61.7 Å². The molecule has 4 N–H and O–H groups in total. The van der Waals surface area contributed by atoms with E-state index in [0.717, 1.165) is 25.7 Å². The maximum Gasteiger partial charge on any atom is 0.335 e. The lowest BCUT2D eigenvalue weighted by atomic mass is 9.45. The fourth-order valence-corrected chi connectivity index (χ4v) is 8.29. The number of aliphatic hydroxyl groups excluding tert-OH is 3. The lowest BCUT2D eigenvalue weighted by Crippen LogP contribution is -2.61. The van der Waals surface area contributed by atoms with E-state index in [0.29, 0.717) is 25.7 Å². The molecule has 0 unspecified atom stereocenters. The standard InChI is InChI=1S/C25H36O9/c1-24-8-7-12(33-23-20(30)18(28)19(29)21(34-23)22(31)32)9-11(24)3-4-13-14-5-6-16(27)25(14,2)10-15(26)17(13)24/h11-14,17-21,23,28-30H,3-10H2,1-2H3,(H,31,32)/t11-,12-,13+,14+,17-,18+,19+,20-,21+,23-,24+,25+/m1/s1. The van der Waals surface area contributed by atoms with Gasteiger partial charge in [-0.1, -0.05) is 13.8 Å². The summed E-state index contributed by atoms with van der Waals surface area (Å²) < 4.78 is 11.3. The molecule has 0 spiro atoms. The van der Waals surface area contributed by atoms with Gasteiger partial charge in [0.2, 0.25) is 0 Å². The molecule has 1 heterocycles. The molecule has 0 bridgehead atoms. The molecule has 12 atom stereocenters. The van der Waals surface area contributed by atoms with Gasteiger partial charge in [-0.25, -0.2) is 4.79 Å². The van der Waals surface area contributed by atoms with Crippen LogP contribution in [-0.4, -0.2) is 74.8 Å². The zero-order valence-corrected chi connectivity index (χ0v) is 19.8. The van der Waals surface area contributed by atoms with Crippen molar-refractivity contribution in [2.75, 3.05) is 0 Å². The summed E-state index contributed by atoms with van der Waals surface area (Å²) in [5.74, 6) is -0.279. The molecule has 5 aliphatic rings. The number of hydrogen-bond donors (Lipinski definition) is 4. The van der Waals surface area contributed by atoms with Crippen LogP contribution in [0.3, 0.4) is 0 Å². The van der Waals surface area contributed by atoms with Crippen LogP contribution in [0, 0.1) is 34.5 Å². The van der Waals surface area contributed by atoms with E-state index >= 15 is 0 Å². The summed E-state index contributed by atoms with van der Waals surface area (Å²) in [5.41, 5.74) is -0.680. The molecule has 5 rings (SSSR count). The number of ketones is 2. The molecule has 1 saturated heterocycles. The van der Waals surface area contributed by atoms with Crippen molar-refractivity contribution in [1.29, 1.82) is 0 Å². The van der Waals surface area contributed by atoms with Crippen molar-refractivity contribution in [3.8, 4) is 0 Å². The number of carbonyl (C=O) groups excluding carboxylic acids is 2. The van der Waals surface area contributed by atoms with Crippen LogP contribution < -0.4 is 0 Å². The predicted molar refractivity (Wildman–Crippen MR) is 116 cm³/mol. The van der Waals surface area contributed by atoms with Crippen LogP contribution in [0.1, 0.15) is 65.2 Å². The SMILES string of the molecule is C[C@]12CC[C@@H](O[C@@H]3O[C@H](C(=O)O)[C@@H](O)[C@H](O)[C@H]3O)C[C@H]1CC[C@@H]1[C@@H]2C(=O)C[C@]2(C)C(=O)CC[C@@H]12. The van der Waals surface area contributed by atoms with Crippen LogP contribution >= 0.6 is 0 Å². The van der Waals surface area contributed by atoms with Gasteiger partial charge in [0.1, 0.15) is 29.9 Å².